The topological polar surface area (TPSA) is 38.7 Å². The second-order valence-corrected chi connectivity index (χ2v) is 18.2. The van der Waals surface area contributed by atoms with E-state index in [9.17, 15) is 0 Å². The second kappa shape index (κ2) is 11.0. The van der Waals surface area contributed by atoms with Crippen LogP contribution in [0.1, 0.15) is 72.3 Å². The van der Waals surface area contributed by atoms with Gasteiger partial charge in [-0.1, -0.05) is 47.6 Å². The fourth-order valence-corrected chi connectivity index (χ4v) is 14.2. The van der Waals surface area contributed by atoms with Crippen molar-refractivity contribution >= 4 is 30.5 Å². The Hall–Kier alpha value is -2.44. The molecular formula is C32H47N3O2Si. The van der Waals surface area contributed by atoms with E-state index in [1.807, 2.05) is 6.07 Å². The van der Waals surface area contributed by atoms with Crippen molar-refractivity contribution in [3.05, 3.63) is 48.2 Å². The molecule has 1 saturated heterocycles. The minimum atomic E-state index is -1.92. The Balaban J connectivity index is 1.60. The number of ether oxygens (including phenoxy) is 2. The molecule has 5 nitrogen and oxygen atoms in total. The molecule has 0 saturated carbocycles. The molecule has 206 valence electrons. The van der Waals surface area contributed by atoms with Crippen molar-refractivity contribution in [3.63, 3.8) is 0 Å². The fraction of sp³-hybridized carbons (Fsp3) is 0.562. The van der Waals surface area contributed by atoms with E-state index in [4.69, 9.17) is 9.47 Å². The van der Waals surface area contributed by atoms with E-state index in [0.717, 1.165) is 29.3 Å². The number of anilines is 2. The molecule has 1 aromatic heterocycles. The molecule has 0 unspecified atom stereocenters. The molecule has 1 N–H and O–H groups in total. The average Bonchev–Trinajstić information content (AvgIpc) is 3.07. The molecule has 2 aliphatic heterocycles. The lowest BCUT2D eigenvalue weighted by molar-refractivity contribution is 0.256. The third-order valence-corrected chi connectivity index (χ3v) is 16.0. The normalized spacial score (nSPS) is 17.5. The first-order chi connectivity index (χ1) is 18.2. The minimum absolute atomic E-state index is 0.633. The van der Waals surface area contributed by atoms with E-state index in [-0.39, 0.29) is 0 Å². The maximum absolute atomic E-state index is 5.95. The molecule has 0 atom stereocenters. The molecule has 2 aromatic carbocycles. The van der Waals surface area contributed by atoms with Crippen LogP contribution in [0.5, 0.6) is 11.5 Å². The lowest BCUT2D eigenvalue weighted by Crippen LogP contribution is -2.51. The average molecular weight is 534 g/mol. The predicted molar refractivity (Wildman–Crippen MR) is 163 cm³/mol. The van der Waals surface area contributed by atoms with Gasteiger partial charge >= 0.3 is 0 Å². The van der Waals surface area contributed by atoms with Crippen LogP contribution in [-0.4, -0.2) is 50.7 Å². The Kier molecular flexibility index (Phi) is 7.83. The van der Waals surface area contributed by atoms with Crippen LogP contribution in [0.2, 0.25) is 16.6 Å². The van der Waals surface area contributed by atoms with Gasteiger partial charge in [0.25, 0.3) is 0 Å². The van der Waals surface area contributed by atoms with Crippen LogP contribution in [-0.2, 0) is 0 Å². The van der Waals surface area contributed by atoms with E-state index >= 15 is 0 Å². The minimum Gasteiger partial charge on any atom is -0.490 e. The summed E-state index contributed by atoms with van der Waals surface area (Å²) in [5.74, 6) is 2.29. The molecule has 0 amide bonds. The van der Waals surface area contributed by atoms with Gasteiger partial charge in [0.1, 0.15) is 0 Å². The van der Waals surface area contributed by atoms with E-state index < -0.39 is 8.24 Å². The molecule has 2 aliphatic rings. The summed E-state index contributed by atoms with van der Waals surface area (Å²) < 4.78 is 14.6. The van der Waals surface area contributed by atoms with Crippen LogP contribution < -0.4 is 14.8 Å². The van der Waals surface area contributed by atoms with Gasteiger partial charge in [-0.3, -0.25) is 0 Å². The third-order valence-electron chi connectivity index (χ3n) is 9.22. The SMILES string of the molecule is CC(C)[Si](C(C)C)(C(C)C)n1cc(C2CCN(C)CC2)c2ccc(Nc3ccc4c(c3)OCCCO4)cc21. The van der Waals surface area contributed by atoms with Crippen molar-refractivity contribution in [2.24, 2.45) is 0 Å². The number of likely N-dealkylation sites (tertiary alicyclic amines) is 1. The van der Waals surface area contributed by atoms with Gasteiger partial charge in [0.15, 0.2) is 19.7 Å². The Morgan fingerprint density at radius 3 is 2.08 bits per heavy atom. The Bertz CT molecular complexity index is 1240. The van der Waals surface area contributed by atoms with E-state index in [0.29, 0.717) is 35.8 Å². The van der Waals surface area contributed by atoms with Gasteiger partial charge in [0, 0.05) is 34.8 Å². The Morgan fingerprint density at radius 2 is 1.42 bits per heavy atom. The second-order valence-electron chi connectivity index (χ2n) is 12.5. The predicted octanol–water partition coefficient (Wildman–Crippen LogP) is 8.38. The first-order valence-electron chi connectivity index (χ1n) is 14.7. The van der Waals surface area contributed by atoms with Crippen molar-refractivity contribution in [1.82, 2.24) is 9.13 Å². The summed E-state index contributed by atoms with van der Waals surface area (Å²) in [4.78, 5) is 2.47. The van der Waals surface area contributed by atoms with E-state index in [1.165, 1.54) is 36.8 Å². The van der Waals surface area contributed by atoms with Gasteiger partial charge < -0.3 is 23.9 Å². The Labute approximate surface area is 230 Å². The van der Waals surface area contributed by atoms with Crippen molar-refractivity contribution in [2.75, 3.05) is 38.7 Å². The monoisotopic (exact) mass is 533 g/mol. The van der Waals surface area contributed by atoms with E-state index in [1.54, 1.807) is 5.56 Å². The molecule has 5 rings (SSSR count). The number of rotatable bonds is 7. The van der Waals surface area contributed by atoms with Crippen LogP contribution >= 0.6 is 0 Å². The number of hydrogen-bond acceptors (Lipinski definition) is 4. The highest BCUT2D eigenvalue weighted by atomic mass is 28.3. The van der Waals surface area contributed by atoms with Crippen molar-refractivity contribution < 1.29 is 9.47 Å². The van der Waals surface area contributed by atoms with Crippen LogP contribution in [0.25, 0.3) is 10.9 Å². The van der Waals surface area contributed by atoms with Crippen molar-refractivity contribution in [2.45, 2.75) is 83.3 Å². The number of nitrogens with zero attached hydrogens (tertiary/aromatic N) is 2. The molecule has 0 spiro atoms. The Morgan fingerprint density at radius 1 is 0.816 bits per heavy atom. The number of piperidine rings is 1. The van der Waals surface area contributed by atoms with Gasteiger partial charge in [0.05, 0.1) is 13.2 Å². The summed E-state index contributed by atoms with van der Waals surface area (Å²) in [5, 5.41) is 5.13. The quantitative estimate of drug-likeness (QED) is 0.310. The maximum Gasteiger partial charge on any atom is 0.169 e. The molecule has 0 radical (unpaired) electrons. The summed E-state index contributed by atoms with van der Waals surface area (Å²) in [6.07, 6.45) is 6.00. The van der Waals surface area contributed by atoms with Crippen LogP contribution in [0.4, 0.5) is 11.4 Å². The van der Waals surface area contributed by atoms with Gasteiger partial charge in [-0.2, -0.15) is 0 Å². The zero-order valence-electron chi connectivity index (χ0n) is 24.5. The molecule has 1 fully saturated rings. The van der Waals surface area contributed by atoms with E-state index in [2.05, 4.69) is 99.6 Å². The van der Waals surface area contributed by atoms with Crippen LogP contribution in [0.3, 0.4) is 0 Å². The standard InChI is InChI=1S/C32H47N3O2Si/c1-22(2)38(23(3)4,24(5)6)35-21-29(25-13-15-34(7)16-14-25)28-11-9-26(19-30(28)35)33-27-10-12-31-32(20-27)37-18-8-17-36-31/h9-12,19-25,33H,8,13-18H2,1-7H3. The highest BCUT2D eigenvalue weighted by molar-refractivity contribution is 6.82. The van der Waals surface area contributed by atoms with Gasteiger partial charge in [0.2, 0.25) is 0 Å². The number of fused-ring (bicyclic) bond motifs is 2. The fourth-order valence-electron chi connectivity index (χ4n) is 7.54. The highest BCUT2D eigenvalue weighted by Crippen LogP contribution is 2.47. The molecule has 3 heterocycles. The van der Waals surface area contributed by atoms with Crippen LogP contribution in [0, 0.1) is 0 Å². The highest BCUT2D eigenvalue weighted by Gasteiger charge is 2.46. The smallest absolute Gasteiger partial charge is 0.169 e. The largest absolute Gasteiger partial charge is 0.490 e. The first kappa shape index (κ1) is 27.1. The molecule has 0 bridgehead atoms. The molecule has 38 heavy (non-hydrogen) atoms. The first-order valence-corrected chi connectivity index (χ1v) is 16.9. The lowest BCUT2D eigenvalue weighted by Gasteiger charge is -2.44. The van der Waals surface area contributed by atoms with Crippen LogP contribution in [0.15, 0.2) is 42.6 Å². The molecule has 6 heteroatoms. The zero-order valence-corrected chi connectivity index (χ0v) is 25.5. The number of benzene rings is 2. The maximum atomic E-state index is 5.95. The molecule has 0 aliphatic carbocycles. The molecule has 3 aromatic rings. The number of nitrogens with one attached hydrogen (secondary N) is 1. The number of hydrogen-bond donors (Lipinski definition) is 1. The molecular weight excluding hydrogens is 486 g/mol. The summed E-state index contributed by atoms with van der Waals surface area (Å²) >= 11 is 0. The van der Waals surface area contributed by atoms with Crippen molar-refractivity contribution in [3.8, 4) is 11.5 Å². The summed E-state index contributed by atoms with van der Waals surface area (Å²) in [7, 11) is 0.333. The summed E-state index contributed by atoms with van der Waals surface area (Å²) in [6.45, 7) is 18.6. The third kappa shape index (κ3) is 4.86. The van der Waals surface area contributed by atoms with Gasteiger partial charge in [-0.05, 0) is 91.5 Å². The summed E-state index contributed by atoms with van der Waals surface area (Å²) in [6, 6.07) is 13.2. The van der Waals surface area contributed by atoms with Crippen molar-refractivity contribution in [1.29, 1.82) is 0 Å². The van der Waals surface area contributed by atoms with Gasteiger partial charge in [-0.15, -0.1) is 0 Å². The lowest BCUT2D eigenvalue weighted by atomic mass is 9.89. The number of aromatic nitrogens is 1. The van der Waals surface area contributed by atoms with Gasteiger partial charge in [-0.25, -0.2) is 0 Å². The summed E-state index contributed by atoms with van der Waals surface area (Å²) in [5.41, 5.74) is 7.04. The zero-order chi connectivity index (χ0) is 27.0.